The van der Waals surface area contributed by atoms with Gasteiger partial charge in [0, 0.05) is 24.8 Å². The highest BCUT2D eigenvalue weighted by molar-refractivity contribution is 7.17. The third kappa shape index (κ3) is 3.57. The fraction of sp³-hybridized carbons (Fsp3) is 0.211. The van der Waals surface area contributed by atoms with Gasteiger partial charge in [0.25, 0.3) is 0 Å². The van der Waals surface area contributed by atoms with Crippen molar-refractivity contribution in [3.05, 3.63) is 70.4 Å². The van der Waals surface area contributed by atoms with Crippen molar-refractivity contribution >= 4 is 27.5 Å². The highest BCUT2D eigenvalue weighted by Crippen LogP contribution is 2.26. The summed E-state index contributed by atoms with van der Waals surface area (Å²) in [6, 6.07) is 12.9. The Morgan fingerprint density at radius 2 is 2.04 bits per heavy atom. The molecule has 0 aliphatic carbocycles. The Morgan fingerprint density at radius 3 is 2.83 bits per heavy atom. The van der Waals surface area contributed by atoms with E-state index in [2.05, 4.69) is 22.8 Å². The molecular formula is C19H19FN2OS. The van der Waals surface area contributed by atoms with Crippen LogP contribution in [0.15, 0.2) is 47.8 Å². The van der Waals surface area contributed by atoms with E-state index in [-0.39, 0.29) is 11.8 Å². The zero-order valence-electron chi connectivity index (χ0n) is 13.7. The molecule has 2 amide bonds. The number of nitrogens with zero attached hydrogens (tertiary/aromatic N) is 1. The number of amides is 2. The number of carbonyl (C=O) groups is 1. The lowest BCUT2D eigenvalue weighted by Crippen LogP contribution is -2.36. The van der Waals surface area contributed by atoms with Crippen molar-refractivity contribution in [2.75, 3.05) is 7.05 Å². The summed E-state index contributed by atoms with van der Waals surface area (Å²) < 4.78 is 14.5. The van der Waals surface area contributed by atoms with Crippen molar-refractivity contribution in [1.82, 2.24) is 10.2 Å². The summed E-state index contributed by atoms with van der Waals surface area (Å²) in [5.41, 5.74) is 2.61. The molecule has 3 rings (SSSR count). The van der Waals surface area contributed by atoms with E-state index in [0.717, 1.165) is 11.1 Å². The van der Waals surface area contributed by atoms with Crippen LogP contribution < -0.4 is 5.32 Å². The fourth-order valence-electron chi connectivity index (χ4n) is 2.61. The molecule has 0 unspecified atom stereocenters. The lowest BCUT2D eigenvalue weighted by atomic mass is 10.1. The molecule has 1 heterocycles. The number of hydrogen-bond acceptors (Lipinski definition) is 2. The first-order valence-electron chi connectivity index (χ1n) is 7.73. The van der Waals surface area contributed by atoms with Crippen LogP contribution in [0.4, 0.5) is 9.18 Å². The van der Waals surface area contributed by atoms with E-state index in [9.17, 15) is 9.18 Å². The third-order valence-electron chi connectivity index (χ3n) is 3.98. The second-order valence-corrected chi connectivity index (χ2v) is 6.77. The highest BCUT2D eigenvalue weighted by atomic mass is 32.1. The summed E-state index contributed by atoms with van der Waals surface area (Å²) in [5, 5.41) is 6.16. The van der Waals surface area contributed by atoms with Crippen LogP contribution in [-0.2, 0) is 13.1 Å². The zero-order valence-corrected chi connectivity index (χ0v) is 14.5. The molecule has 2 aromatic carbocycles. The second kappa shape index (κ2) is 7.01. The number of aryl methyl sites for hydroxylation is 1. The van der Waals surface area contributed by atoms with Gasteiger partial charge in [0.05, 0.1) is 0 Å². The van der Waals surface area contributed by atoms with Gasteiger partial charge in [0.1, 0.15) is 5.82 Å². The lowest BCUT2D eigenvalue weighted by Gasteiger charge is -2.18. The van der Waals surface area contributed by atoms with E-state index in [4.69, 9.17) is 0 Å². The van der Waals surface area contributed by atoms with Gasteiger partial charge >= 0.3 is 6.03 Å². The van der Waals surface area contributed by atoms with Crippen LogP contribution in [-0.4, -0.2) is 18.0 Å². The highest BCUT2D eigenvalue weighted by Gasteiger charge is 2.12. The normalized spacial score (nSPS) is 10.8. The summed E-state index contributed by atoms with van der Waals surface area (Å²) in [4.78, 5) is 13.9. The van der Waals surface area contributed by atoms with E-state index in [0.29, 0.717) is 18.7 Å². The SMILES string of the molecule is Cc1cc(CNC(=O)N(C)Cc2csc3ccccc23)ccc1F. The monoisotopic (exact) mass is 342 g/mol. The molecule has 0 bridgehead atoms. The van der Waals surface area contributed by atoms with Gasteiger partial charge in [0.2, 0.25) is 0 Å². The number of carbonyl (C=O) groups excluding carboxylic acids is 1. The maximum Gasteiger partial charge on any atom is 0.317 e. The van der Waals surface area contributed by atoms with Gasteiger partial charge in [-0.3, -0.25) is 0 Å². The first-order chi connectivity index (χ1) is 11.5. The molecule has 0 atom stereocenters. The predicted molar refractivity (Wildman–Crippen MR) is 96.7 cm³/mol. The van der Waals surface area contributed by atoms with Crippen LogP contribution in [0.2, 0.25) is 0 Å². The maximum atomic E-state index is 13.3. The maximum absolute atomic E-state index is 13.3. The van der Waals surface area contributed by atoms with Crippen LogP contribution in [0, 0.1) is 12.7 Å². The van der Waals surface area contributed by atoms with Crippen molar-refractivity contribution in [1.29, 1.82) is 0 Å². The molecule has 1 aromatic heterocycles. The molecule has 0 saturated heterocycles. The minimum Gasteiger partial charge on any atom is -0.334 e. The first-order valence-corrected chi connectivity index (χ1v) is 8.61. The largest absolute Gasteiger partial charge is 0.334 e. The number of halogens is 1. The molecule has 0 saturated carbocycles. The van der Waals surface area contributed by atoms with Crippen LogP contribution in [0.1, 0.15) is 16.7 Å². The molecule has 24 heavy (non-hydrogen) atoms. The molecule has 5 heteroatoms. The Bertz CT molecular complexity index is 875. The van der Waals surface area contributed by atoms with Crippen LogP contribution >= 0.6 is 11.3 Å². The molecule has 0 fully saturated rings. The Balaban J connectivity index is 1.61. The number of urea groups is 1. The third-order valence-corrected chi connectivity index (χ3v) is 4.99. The van der Waals surface area contributed by atoms with Gasteiger partial charge in [-0.15, -0.1) is 11.3 Å². The van der Waals surface area contributed by atoms with Crippen LogP contribution in [0.3, 0.4) is 0 Å². The zero-order chi connectivity index (χ0) is 17.1. The quantitative estimate of drug-likeness (QED) is 0.733. The smallest absolute Gasteiger partial charge is 0.317 e. The number of rotatable bonds is 4. The Kier molecular flexibility index (Phi) is 4.81. The Morgan fingerprint density at radius 1 is 1.25 bits per heavy atom. The summed E-state index contributed by atoms with van der Waals surface area (Å²) in [7, 11) is 1.78. The Hall–Kier alpha value is -2.40. The number of benzene rings is 2. The van der Waals surface area contributed by atoms with Gasteiger partial charge < -0.3 is 10.2 Å². The number of nitrogens with one attached hydrogen (secondary N) is 1. The van der Waals surface area contributed by atoms with E-state index >= 15 is 0 Å². The van der Waals surface area contributed by atoms with Crippen molar-refractivity contribution < 1.29 is 9.18 Å². The van der Waals surface area contributed by atoms with E-state index < -0.39 is 0 Å². The van der Waals surface area contributed by atoms with E-state index in [1.807, 2.05) is 12.1 Å². The van der Waals surface area contributed by atoms with Crippen LogP contribution in [0.5, 0.6) is 0 Å². The second-order valence-electron chi connectivity index (χ2n) is 5.86. The topological polar surface area (TPSA) is 32.3 Å². The molecular weight excluding hydrogens is 323 g/mol. The minimum atomic E-state index is -0.230. The molecule has 0 spiro atoms. The van der Waals surface area contributed by atoms with Gasteiger partial charge in [-0.1, -0.05) is 30.3 Å². The molecule has 124 valence electrons. The van der Waals surface area contributed by atoms with Gasteiger partial charge in [-0.25, -0.2) is 9.18 Å². The molecule has 3 nitrogen and oxygen atoms in total. The number of thiophene rings is 1. The van der Waals surface area contributed by atoms with Crippen molar-refractivity contribution in [3.63, 3.8) is 0 Å². The van der Waals surface area contributed by atoms with E-state index in [1.165, 1.54) is 16.2 Å². The van der Waals surface area contributed by atoms with Gasteiger partial charge in [0.15, 0.2) is 0 Å². The molecule has 0 aliphatic heterocycles. The molecule has 3 aromatic rings. The number of hydrogen-bond donors (Lipinski definition) is 1. The van der Waals surface area contributed by atoms with Crippen molar-refractivity contribution in [2.24, 2.45) is 0 Å². The summed E-state index contributed by atoms with van der Waals surface area (Å²) in [6.07, 6.45) is 0. The lowest BCUT2D eigenvalue weighted by molar-refractivity contribution is 0.206. The molecule has 0 aliphatic rings. The van der Waals surface area contributed by atoms with E-state index in [1.54, 1.807) is 42.3 Å². The number of fused-ring (bicyclic) bond motifs is 1. The predicted octanol–water partition coefficient (Wildman–Crippen LogP) is 4.69. The fourth-order valence-corrected chi connectivity index (χ4v) is 3.57. The average molecular weight is 342 g/mol. The molecule has 1 N–H and O–H groups in total. The standard InChI is InChI=1S/C19H19FN2OS/c1-13-9-14(7-8-17(13)20)10-21-19(23)22(2)11-15-12-24-18-6-4-3-5-16(15)18/h3-9,12H,10-11H2,1-2H3,(H,21,23). The van der Waals surface area contributed by atoms with Gasteiger partial charge in [-0.05, 0) is 46.5 Å². The van der Waals surface area contributed by atoms with Crippen molar-refractivity contribution in [3.8, 4) is 0 Å². The first kappa shape index (κ1) is 16.5. The summed E-state index contributed by atoms with van der Waals surface area (Å²) in [6.45, 7) is 2.65. The minimum absolute atomic E-state index is 0.146. The van der Waals surface area contributed by atoms with Gasteiger partial charge in [-0.2, -0.15) is 0 Å². The average Bonchev–Trinajstić information content (AvgIpc) is 2.99. The van der Waals surface area contributed by atoms with Crippen molar-refractivity contribution in [2.45, 2.75) is 20.0 Å². The summed E-state index contributed by atoms with van der Waals surface area (Å²) >= 11 is 1.69. The summed E-state index contributed by atoms with van der Waals surface area (Å²) in [5.74, 6) is -0.230. The Labute approximate surface area is 144 Å². The van der Waals surface area contributed by atoms with Crippen LogP contribution in [0.25, 0.3) is 10.1 Å². The molecule has 0 radical (unpaired) electrons.